The summed E-state index contributed by atoms with van der Waals surface area (Å²) < 4.78 is 88.8. The molecule has 0 radical (unpaired) electrons. The molecule has 0 unspecified atom stereocenters. The minimum Gasteiger partial charge on any atom is -0.353 e. The lowest BCUT2D eigenvalue weighted by atomic mass is 10.3. The third-order valence-electron chi connectivity index (χ3n) is 4.14. The van der Waals surface area contributed by atoms with Crippen LogP contribution in [0.15, 0.2) is 53.4 Å². The highest BCUT2D eigenvalue weighted by Crippen LogP contribution is 2.26. The fourth-order valence-electron chi connectivity index (χ4n) is 2.72. The van der Waals surface area contributed by atoms with E-state index in [4.69, 9.17) is 4.55 Å². The van der Waals surface area contributed by atoms with E-state index in [1.165, 1.54) is 24.3 Å². The predicted molar refractivity (Wildman–Crippen MR) is 132 cm³/mol. The molecule has 0 aliphatic heterocycles. The van der Waals surface area contributed by atoms with Gasteiger partial charge in [-0.1, -0.05) is 18.2 Å². The van der Waals surface area contributed by atoms with Gasteiger partial charge in [0.2, 0.25) is 27.9 Å². The van der Waals surface area contributed by atoms with Crippen molar-refractivity contribution in [2.45, 2.75) is 4.90 Å². The number of aromatic nitrogens is 3. The van der Waals surface area contributed by atoms with Crippen LogP contribution in [0.3, 0.4) is 0 Å². The van der Waals surface area contributed by atoms with Crippen molar-refractivity contribution in [2.75, 3.05) is 39.2 Å². The molecule has 6 N–H and O–H groups in total. The molecule has 0 saturated carbocycles. The van der Waals surface area contributed by atoms with Crippen molar-refractivity contribution in [1.29, 1.82) is 0 Å². The second-order valence-corrected chi connectivity index (χ2v) is 11.9. The molecule has 0 fully saturated rings. The average Bonchev–Trinajstić information content (AvgIpc) is 2.73. The van der Waals surface area contributed by atoms with Crippen molar-refractivity contribution in [1.82, 2.24) is 15.0 Å². The molecular formula is C18H21N7O8S3. The number of hydrogen-bond donors (Lipinski definition) is 6. The minimum absolute atomic E-state index is 0.101. The largest absolute Gasteiger partial charge is 0.353 e. The fourth-order valence-corrected chi connectivity index (χ4v) is 4.19. The van der Waals surface area contributed by atoms with Crippen molar-refractivity contribution in [3.8, 4) is 0 Å². The highest BCUT2D eigenvalue weighted by molar-refractivity contribution is 7.92. The van der Waals surface area contributed by atoms with Gasteiger partial charge in [0, 0.05) is 12.2 Å². The smallest absolute Gasteiger partial charge is 0.294 e. The van der Waals surface area contributed by atoms with Gasteiger partial charge in [0.05, 0.1) is 28.3 Å². The molecule has 3 rings (SSSR count). The molecule has 2 aromatic carbocycles. The SMILES string of the molecule is CS(=O)(=O)Nc1ccccc1Nc1nc(NCCS(=O)(=O)O)nc(Nc2cccc(S(=O)(=O)O)c2)n1. The van der Waals surface area contributed by atoms with Gasteiger partial charge in [-0.25, -0.2) is 8.42 Å². The quantitative estimate of drug-likeness (QED) is 0.182. The number of benzene rings is 2. The molecule has 3 aromatic rings. The highest BCUT2D eigenvalue weighted by atomic mass is 32.2. The van der Waals surface area contributed by atoms with Crippen molar-refractivity contribution >= 4 is 65.2 Å². The zero-order valence-electron chi connectivity index (χ0n) is 18.4. The molecule has 0 aliphatic rings. The Bertz CT molecular complexity index is 1580. The minimum atomic E-state index is -4.47. The predicted octanol–water partition coefficient (Wildman–Crippen LogP) is 1.28. The summed E-state index contributed by atoms with van der Waals surface area (Å²) >= 11 is 0. The number of anilines is 6. The molecule has 0 atom stereocenters. The van der Waals surface area contributed by atoms with Crippen LogP contribution in [0.5, 0.6) is 0 Å². The Balaban J connectivity index is 1.96. The van der Waals surface area contributed by atoms with Crippen LogP contribution in [0.1, 0.15) is 0 Å². The first kappa shape index (κ1) is 27.0. The van der Waals surface area contributed by atoms with Crippen LogP contribution in [0.2, 0.25) is 0 Å². The van der Waals surface area contributed by atoms with Gasteiger partial charge in [0.1, 0.15) is 0 Å². The lowest BCUT2D eigenvalue weighted by molar-refractivity contribution is 0.481. The van der Waals surface area contributed by atoms with Gasteiger partial charge < -0.3 is 16.0 Å². The van der Waals surface area contributed by atoms with E-state index in [1.54, 1.807) is 18.2 Å². The van der Waals surface area contributed by atoms with E-state index in [2.05, 4.69) is 35.6 Å². The van der Waals surface area contributed by atoms with E-state index < -0.39 is 36.0 Å². The normalized spacial score (nSPS) is 12.1. The van der Waals surface area contributed by atoms with E-state index in [9.17, 15) is 29.8 Å². The molecule has 0 bridgehead atoms. The van der Waals surface area contributed by atoms with Gasteiger partial charge in [-0.2, -0.15) is 31.8 Å². The Hall–Kier alpha value is -3.58. The summed E-state index contributed by atoms with van der Waals surface area (Å²) in [5, 5.41) is 8.19. The molecule has 15 nitrogen and oxygen atoms in total. The summed E-state index contributed by atoms with van der Waals surface area (Å²) in [6.07, 6.45) is 0.979. The van der Waals surface area contributed by atoms with Gasteiger partial charge in [0.25, 0.3) is 20.2 Å². The lowest BCUT2D eigenvalue weighted by Crippen LogP contribution is -2.17. The number of sulfonamides is 1. The van der Waals surface area contributed by atoms with E-state index in [-0.39, 0.29) is 46.3 Å². The summed E-state index contributed by atoms with van der Waals surface area (Å²) in [5.41, 5.74) is 0.652. The van der Waals surface area contributed by atoms with Crippen LogP contribution in [-0.4, -0.2) is 67.9 Å². The Kier molecular flexibility index (Phi) is 7.94. The summed E-state index contributed by atoms with van der Waals surface area (Å²) in [7, 11) is -12.3. The molecule has 0 spiro atoms. The number of nitrogens with one attached hydrogen (secondary N) is 4. The summed E-state index contributed by atoms with van der Waals surface area (Å²) in [6, 6.07) is 11.4. The zero-order chi connectivity index (χ0) is 26.6. The van der Waals surface area contributed by atoms with Crippen molar-refractivity contribution < 1.29 is 34.4 Å². The number of nitrogens with zero attached hydrogens (tertiary/aromatic N) is 3. The Morgan fingerprint density at radius 2 is 1.39 bits per heavy atom. The topological polar surface area (TPSA) is 230 Å². The first-order chi connectivity index (χ1) is 16.7. The Morgan fingerprint density at radius 3 is 2.00 bits per heavy atom. The number of para-hydroxylation sites is 2. The molecular weight excluding hydrogens is 538 g/mol. The molecule has 18 heteroatoms. The molecule has 36 heavy (non-hydrogen) atoms. The van der Waals surface area contributed by atoms with E-state index in [0.717, 1.165) is 12.3 Å². The lowest BCUT2D eigenvalue weighted by Gasteiger charge is -2.14. The van der Waals surface area contributed by atoms with Crippen LogP contribution in [0.25, 0.3) is 0 Å². The van der Waals surface area contributed by atoms with Gasteiger partial charge >= 0.3 is 0 Å². The summed E-state index contributed by atoms with van der Waals surface area (Å²) in [6.45, 7) is -0.258. The zero-order valence-corrected chi connectivity index (χ0v) is 20.9. The van der Waals surface area contributed by atoms with Crippen LogP contribution in [0, 0.1) is 0 Å². The second-order valence-electron chi connectivity index (χ2n) is 7.19. The van der Waals surface area contributed by atoms with Gasteiger partial charge in [-0.3, -0.25) is 13.8 Å². The molecule has 0 saturated heterocycles. The fraction of sp³-hybridized carbons (Fsp3) is 0.167. The first-order valence-corrected chi connectivity index (χ1v) is 14.8. The van der Waals surface area contributed by atoms with E-state index in [0.29, 0.717) is 0 Å². The monoisotopic (exact) mass is 559 g/mol. The molecule has 1 aromatic heterocycles. The first-order valence-electron chi connectivity index (χ1n) is 9.81. The average molecular weight is 560 g/mol. The number of rotatable bonds is 11. The molecule has 0 amide bonds. The number of hydrogen-bond acceptors (Lipinski definition) is 12. The van der Waals surface area contributed by atoms with Crippen molar-refractivity contribution in [3.05, 3.63) is 48.5 Å². The highest BCUT2D eigenvalue weighted by Gasteiger charge is 2.14. The van der Waals surface area contributed by atoms with Gasteiger partial charge in [-0.05, 0) is 30.3 Å². The maximum Gasteiger partial charge on any atom is 0.294 e. The maximum atomic E-state index is 11.7. The molecule has 0 aliphatic carbocycles. The van der Waals surface area contributed by atoms with Gasteiger partial charge in [-0.15, -0.1) is 0 Å². The summed E-state index contributed by atoms with van der Waals surface area (Å²) in [4.78, 5) is 12.0. The van der Waals surface area contributed by atoms with Crippen LogP contribution in [0.4, 0.5) is 34.9 Å². The Labute approximate surface area is 207 Å². The van der Waals surface area contributed by atoms with Crippen LogP contribution in [-0.2, 0) is 30.3 Å². The van der Waals surface area contributed by atoms with Crippen LogP contribution >= 0.6 is 0 Å². The third-order valence-corrected chi connectivity index (χ3v) is 6.30. The van der Waals surface area contributed by atoms with Crippen molar-refractivity contribution in [2.24, 2.45) is 0 Å². The van der Waals surface area contributed by atoms with E-state index >= 15 is 0 Å². The van der Waals surface area contributed by atoms with Gasteiger partial charge in [0.15, 0.2) is 0 Å². The van der Waals surface area contributed by atoms with Crippen molar-refractivity contribution in [3.63, 3.8) is 0 Å². The maximum absolute atomic E-state index is 11.7. The molecule has 1 heterocycles. The standard InChI is InChI=1S/C18H21N7O8S3/c1-34(26,27)25-15-8-3-2-7-14(15)21-18-23-16(19-9-10-35(28,29)30)22-17(24-18)20-12-5-4-6-13(11-12)36(31,32)33/h2-8,11,25H,9-10H2,1H3,(H,28,29,30)(H,31,32,33)(H3,19,20,21,22,23,24). The third kappa shape index (κ3) is 8.57. The summed E-state index contributed by atoms with van der Waals surface area (Å²) in [5.74, 6) is -0.988. The van der Waals surface area contributed by atoms with E-state index in [1.807, 2.05) is 0 Å². The second kappa shape index (κ2) is 10.6. The molecule has 194 valence electrons. The van der Waals surface area contributed by atoms with Crippen LogP contribution < -0.4 is 20.7 Å². The Morgan fingerprint density at radius 1 is 0.778 bits per heavy atom.